The van der Waals surface area contributed by atoms with Crippen LogP contribution in [0.5, 0.6) is 0 Å². The topological polar surface area (TPSA) is 82.5 Å². The van der Waals surface area contributed by atoms with Crippen molar-refractivity contribution in [2.45, 2.75) is 37.6 Å². The second-order valence-corrected chi connectivity index (χ2v) is 10.4. The lowest BCUT2D eigenvalue weighted by molar-refractivity contribution is 0.0926. The van der Waals surface area contributed by atoms with Crippen LogP contribution in [0.3, 0.4) is 0 Å². The van der Waals surface area contributed by atoms with Gasteiger partial charge in [-0.25, -0.2) is 13.3 Å². The largest absolute Gasteiger partial charge is 0.344 e. The van der Waals surface area contributed by atoms with Gasteiger partial charge in [0.2, 0.25) is 0 Å². The Bertz CT molecular complexity index is 1570. The van der Waals surface area contributed by atoms with E-state index in [1.54, 1.807) is 24.4 Å². The number of likely N-dealkylation sites (tertiary alicyclic amines) is 1. The number of hydrogen-bond acceptors (Lipinski definition) is 4. The Kier molecular flexibility index (Phi) is 6.49. The summed E-state index contributed by atoms with van der Waals surface area (Å²) in [6.07, 6.45) is 5.53. The summed E-state index contributed by atoms with van der Waals surface area (Å²) in [5.74, 6) is -1.02. The first-order chi connectivity index (χ1) is 18.4. The minimum Gasteiger partial charge on any atom is -0.344 e. The minimum atomic E-state index is -0.622. The molecule has 1 aliphatic heterocycles. The highest BCUT2D eigenvalue weighted by Gasteiger charge is 2.34. The SMILES string of the molecule is O=C(NC(CN1CCCC1)c1ccc(F)cc1)c1cn2nc(-c3ccc(Cl)c(F)c3)[nH]c(=O)c2c1C1CC1. The molecule has 2 aromatic heterocycles. The number of carbonyl (C=O) groups excluding carboxylic acids is 1. The van der Waals surface area contributed by atoms with Crippen LogP contribution in [-0.2, 0) is 0 Å². The quantitative estimate of drug-likeness (QED) is 0.345. The summed E-state index contributed by atoms with van der Waals surface area (Å²) < 4.78 is 29.1. The van der Waals surface area contributed by atoms with Crippen molar-refractivity contribution in [3.05, 3.63) is 92.4 Å². The number of nitrogens with zero attached hydrogens (tertiary/aromatic N) is 3. The Labute approximate surface area is 222 Å². The zero-order chi connectivity index (χ0) is 26.4. The van der Waals surface area contributed by atoms with Crippen molar-refractivity contribution in [3.8, 4) is 11.4 Å². The van der Waals surface area contributed by atoms with Crippen molar-refractivity contribution in [1.82, 2.24) is 24.8 Å². The number of hydrogen-bond donors (Lipinski definition) is 2. The number of halogens is 3. The first kappa shape index (κ1) is 24.8. The van der Waals surface area contributed by atoms with Crippen LogP contribution >= 0.6 is 11.6 Å². The minimum absolute atomic E-state index is 0.0299. The predicted octanol–water partition coefficient (Wildman–Crippen LogP) is 5.07. The van der Waals surface area contributed by atoms with Crippen molar-refractivity contribution in [3.63, 3.8) is 0 Å². The molecule has 6 rings (SSSR count). The van der Waals surface area contributed by atoms with E-state index < -0.39 is 11.4 Å². The smallest absolute Gasteiger partial charge is 0.275 e. The number of benzene rings is 2. The highest BCUT2D eigenvalue weighted by Crippen LogP contribution is 2.43. The van der Waals surface area contributed by atoms with Crippen LogP contribution in [0.4, 0.5) is 8.78 Å². The van der Waals surface area contributed by atoms with Gasteiger partial charge in [-0.3, -0.25) is 9.59 Å². The summed E-state index contributed by atoms with van der Waals surface area (Å²) in [5.41, 5.74) is 2.14. The van der Waals surface area contributed by atoms with E-state index in [4.69, 9.17) is 11.6 Å². The third kappa shape index (κ3) is 4.83. The second kappa shape index (κ2) is 9.96. The van der Waals surface area contributed by atoms with E-state index in [-0.39, 0.29) is 34.5 Å². The molecule has 10 heteroatoms. The van der Waals surface area contributed by atoms with Gasteiger partial charge in [-0.1, -0.05) is 23.7 Å². The Morgan fingerprint density at radius 2 is 1.87 bits per heavy atom. The maximum atomic E-state index is 14.1. The normalized spacial score (nSPS) is 16.7. The monoisotopic (exact) mass is 537 g/mol. The molecule has 2 fully saturated rings. The summed E-state index contributed by atoms with van der Waals surface area (Å²) >= 11 is 5.80. The lowest BCUT2D eigenvalue weighted by Gasteiger charge is -2.25. The van der Waals surface area contributed by atoms with Crippen LogP contribution in [0.2, 0.25) is 5.02 Å². The van der Waals surface area contributed by atoms with E-state index in [1.807, 2.05) is 0 Å². The molecule has 4 aromatic rings. The van der Waals surface area contributed by atoms with Crippen molar-refractivity contribution in [2.75, 3.05) is 19.6 Å². The van der Waals surface area contributed by atoms with Crippen molar-refractivity contribution in [1.29, 1.82) is 0 Å². The van der Waals surface area contributed by atoms with Gasteiger partial charge in [0.25, 0.3) is 11.5 Å². The number of fused-ring (bicyclic) bond motifs is 1. The van der Waals surface area contributed by atoms with Gasteiger partial charge < -0.3 is 15.2 Å². The molecule has 3 heterocycles. The molecule has 1 saturated heterocycles. The zero-order valence-electron chi connectivity index (χ0n) is 20.5. The molecule has 1 aliphatic carbocycles. The zero-order valence-corrected chi connectivity index (χ0v) is 21.3. The summed E-state index contributed by atoms with van der Waals surface area (Å²) in [4.78, 5) is 32.0. The van der Waals surface area contributed by atoms with Gasteiger partial charge in [-0.15, -0.1) is 5.10 Å². The van der Waals surface area contributed by atoms with Gasteiger partial charge in [0, 0.05) is 23.9 Å². The predicted molar refractivity (Wildman–Crippen MR) is 140 cm³/mol. The number of amides is 1. The van der Waals surface area contributed by atoms with Crippen LogP contribution < -0.4 is 10.9 Å². The maximum Gasteiger partial charge on any atom is 0.275 e. The first-order valence-electron chi connectivity index (χ1n) is 12.8. The summed E-state index contributed by atoms with van der Waals surface area (Å²) in [5, 5.41) is 7.61. The molecule has 1 atom stereocenters. The van der Waals surface area contributed by atoms with E-state index in [1.165, 1.54) is 28.8 Å². The van der Waals surface area contributed by atoms with Crippen LogP contribution in [0.15, 0.2) is 53.5 Å². The molecule has 7 nitrogen and oxygen atoms in total. The highest BCUT2D eigenvalue weighted by atomic mass is 35.5. The number of carbonyl (C=O) groups is 1. The molecule has 2 aliphatic rings. The molecular formula is C28H26ClF2N5O2. The highest BCUT2D eigenvalue weighted by molar-refractivity contribution is 6.30. The Morgan fingerprint density at radius 3 is 2.55 bits per heavy atom. The summed E-state index contributed by atoms with van der Waals surface area (Å²) in [7, 11) is 0. The molecule has 2 N–H and O–H groups in total. The van der Waals surface area contributed by atoms with E-state index in [9.17, 15) is 18.4 Å². The first-order valence-corrected chi connectivity index (χ1v) is 13.1. The third-order valence-corrected chi connectivity index (χ3v) is 7.63. The number of H-pyrrole nitrogens is 1. The molecule has 1 saturated carbocycles. The number of nitrogens with one attached hydrogen (secondary N) is 2. The lowest BCUT2D eigenvalue weighted by Crippen LogP contribution is -2.37. The molecule has 0 radical (unpaired) electrons. The summed E-state index contributed by atoms with van der Waals surface area (Å²) in [6.45, 7) is 2.50. The van der Waals surface area contributed by atoms with Crippen molar-refractivity contribution in [2.24, 2.45) is 0 Å². The van der Waals surface area contributed by atoms with E-state index in [2.05, 4.69) is 20.3 Å². The Balaban J connectivity index is 1.37. The van der Waals surface area contributed by atoms with Gasteiger partial charge in [0.1, 0.15) is 17.2 Å². The van der Waals surface area contributed by atoms with Gasteiger partial charge in [0.05, 0.1) is 16.6 Å². The van der Waals surface area contributed by atoms with Crippen LogP contribution in [0.25, 0.3) is 16.9 Å². The van der Waals surface area contributed by atoms with Crippen molar-refractivity contribution < 1.29 is 13.6 Å². The van der Waals surface area contributed by atoms with E-state index in [0.717, 1.165) is 44.3 Å². The Morgan fingerprint density at radius 1 is 1.13 bits per heavy atom. The Hall–Kier alpha value is -3.56. The molecule has 0 spiro atoms. The number of aromatic amines is 1. The van der Waals surface area contributed by atoms with Crippen LogP contribution in [-0.4, -0.2) is 45.0 Å². The fraction of sp³-hybridized carbons (Fsp3) is 0.321. The average molecular weight is 538 g/mol. The van der Waals surface area contributed by atoms with Gasteiger partial charge >= 0.3 is 0 Å². The van der Waals surface area contributed by atoms with Gasteiger partial charge in [-0.05, 0) is 80.6 Å². The molecule has 2 aromatic carbocycles. The molecule has 0 bridgehead atoms. The fourth-order valence-electron chi connectivity index (χ4n) is 5.24. The molecule has 1 amide bonds. The molecule has 196 valence electrons. The van der Waals surface area contributed by atoms with Gasteiger partial charge in [-0.2, -0.15) is 0 Å². The lowest BCUT2D eigenvalue weighted by atomic mass is 10.0. The third-order valence-electron chi connectivity index (χ3n) is 7.32. The number of aromatic nitrogens is 3. The average Bonchev–Trinajstić information content (AvgIpc) is 3.45. The van der Waals surface area contributed by atoms with Crippen molar-refractivity contribution >= 4 is 23.0 Å². The van der Waals surface area contributed by atoms with Gasteiger partial charge in [0.15, 0.2) is 5.82 Å². The van der Waals surface area contributed by atoms with E-state index >= 15 is 0 Å². The fourth-order valence-corrected chi connectivity index (χ4v) is 5.36. The second-order valence-electron chi connectivity index (χ2n) is 10.0. The summed E-state index contributed by atoms with van der Waals surface area (Å²) in [6, 6.07) is 10.00. The molecule has 38 heavy (non-hydrogen) atoms. The molecule has 1 unspecified atom stereocenters. The van der Waals surface area contributed by atoms with E-state index in [0.29, 0.717) is 28.8 Å². The van der Waals surface area contributed by atoms with Crippen LogP contribution in [0, 0.1) is 11.6 Å². The van der Waals surface area contributed by atoms with Crippen LogP contribution in [0.1, 0.15) is 59.1 Å². The number of rotatable bonds is 7. The maximum absolute atomic E-state index is 14.1. The molecular weight excluding hydrogens is 512 g/mol. The standard InChI is InChI=1S/C28H26ClF2N5O2/c29-21-10-7-18(13-22(21)31)26-33-28(38)25-24(17-3-4-17)20(14-36(25)34-26)27(37)32-23(15-35-11-1-2-12-35)16-5-8-19(30)9-6-16/h5-10,13-14,17,23H,1-4,11-12,15H2,(H,32,37)(H,33,34,38).